The van der Waals surface area contributed by atoms with Gasteiger partial charge in [-0.2, -0.15) is 0 Å². The molecule has 0 radical (unpaired) electrons. The molecule has 0 aliphatic rings. The van der Waals surface area contributed by atoms with E-state index in [1.54, 1.807) is 7.11 Å². The molecule has 0 heterocycles. The van der Waals surface area contributed by atoms with E-state index in [9.17, 15) is 0 Å². The maximum absolute atomic E-state index is 6.06. The fourth-order valence-corrected chi connectivity index (χ4v) is 2.77. The van der Waals surface area contributed by atoms with Crippen molar-refractivity contribution in [3.63, 3.8) is 0 Å². The van der Waals surface area contributed by atoms with Crippen LogP contribution in [0.15, 0.2) is 42.5 Å². The van der Waals surface area contributed by atoms with Gasteiger partial charge < -0.3 is 10.1 Å². The number of nitrogens with one attached hydrogen (secondary N) is 1. The van der Waals surface area contributed by atoms with E-state index in [-0.39, 0.29) is 0 Å². The number of ether oxygens (including phenoxy) is 1. The number of likely N-dealkylation sites (N-methyl/N-ethyl adjacent to an activating group) is 1. The van der Waals surface area contributed by atoms with Gasteiger partial charge in [-0.3, -0.25) is 0 Å². The zero-order chi connectivity index (χ0) is 15.2. The quantitative estimate of drug-likeness (QED) is 0.870. The Kier molecular flexibility index (Phi) is 5.66. The average molecular weight is 304 g/mol. The first-order valence-corrected chi connectivity index (χ1v) is 7.55. The van der Waals surface area contributed by atoms with Crippen LogP contribution in [0.2, 0.25) is 5.02 Å². The fraction of sp³-hybridized carbons (Fsp3) is 0.333. The van der Waals surface area contributed by atoms with Gasteiger partial charge in [0.25, 0.3) is 0 Å². The van der Waals surface area contributed by atoms with Crippen molar-refractivity contribution in [1.82, 2.24) is 5.32 Å². The van der Waals surface area contributed by atoms with Crippen molar-refractivity contribution in [2.24, 2.45) is 0 Å². The van der Waals surface area contributed by atoms with Crippen LogP contribution in [0.3, 0.4) is 0 Å². The van der Waals surface area contributed by atoms with Crippen molar-refractivity contribution >= 4 is 11.6 Å². The fourth-order valence-electron chi connectivity index (χ4n) is 2.56. The summed E-state index contributed by atoms with van der Waals surface area (Å²) in [6.07, 6.45) is 1.86. The maximum Gasteiger partial charge on any atom is 0.122 e. The number of aryl methyl sites for hydroxylation is 1. The van der Waals surface area contributed by atoms with Gasteiger partial charge in [0.05, 0.1) is 7.11 Å². The average Bonchev–Trinajstić information content (AvgIpc) is 2.47. The monoisotopic (exact) mass is 303 g/mol. The standard InChI is InChI=1S/C18H22ClNO/c1-13-7-8-18(21-3)15(9-13)12-17(20-2)11-14-5-4-6-16(19)10-14/h4-10,17,20H,11-12H2,1-3H3. The molecular formula is C18H22ClNO. The molecule has 21 heavy (non-hydrogen) atoms. The van der Waals surface area contributed by atoms with E-state index >= 15 is 0 Å². The molecule has 0 aromatic heterocycles. The van der Waals surface area contributed by atoms with E-state index < -0.39 is 0 Å². The first kappa shape index (κ1) is 15.9. The molecule has 1 atom stereocenters. The van der Waals surface area contributed by atoms with Crippen LogP contribution in [0.25, 0.3) is 0 Å². The Morgan fingerprint density at radius 2 is 1.95 bits per heavy atom. The summed E-state index contributed by atoms with van der Waals surface area (Å²) in [7, 11) is 3.72. The SMILES string of the molecule is CNC(Cc1cccc(Cl)c1)Cc1cc(C)ccc1OC. The van der Waals surface area contributed by atoms with E-state index in [1.165, 1.54) is 16.7 Å². The number of methoxy groups -OCH3 is 1. The molecule has 2 aromatic rings. The number of halogens is 1. The van der Waals surface area contributed by atoms with Crippen LogP contribution in [0, 0.1) is 6.92 Å². The molecule has 2 aromatic carbocycles. The smallest absolute Gasteiger partial charge is 0.122 e. The minimum absolute atomic E-state index is 0.346. The lowest BCUT2D eigenvalue weighted by molar-refractivity contribution is 0.405. The van der Waals surface area contributed by atoms with Crippen LogP contribution in [-0.4, -0.2) is 20.2 Å². The van der Waals surface area contributed by atoms with E-state index in [1.807, 2.05) is 31.3 Å². The van der Waals surface area contributed by atoms with Crippen LogP contribution >= 0.6 is 11.6 Å². The highest BCUT2D eigenvalue weighted by Gasteiger charge is 2.12. The summed E-state index contributed by atoms with van der Waals surface area (Å²) in [5.74, 6) is 0.951. The second-order valence-electron chi connectivity index (χ2n) is 5.34. The molecule has 1 unspecified atom stereocenters. The minimum atomic E-state index is 0.346. The molecule has 2 nitrogen and oxygen atoms in total. The second-order valence-corrected chi connectivity index (χ2v) is 5.78. The van der Waals surface area contributed by atoms with Gasteiger partial charge in [0.15, 0.2) is 0 Å². The molecule has 0 spiro atoms. The molecule has 0 saturated carbocycles. The van der Waals surface area contributed by atoms with Crippen LogP contribution in [0.1, 0.15) is 16.7 Å². The Balaban J connectivity index is 2.14. The van der Waals surface area contributed by atoms with Crippen LogP contribution in [0.4, 0.5) is 0 Å². The lowest BCUT2D eigenvalue weighted by Crippen LogP contribution is -2.30. The van der Waals surface area contributed by atoms with E-state index in [2.05, 4.69) is 30.4 Å². The number of hydrogen-bond donors (Lipinski definition) is 1. The van der Waals surface area contributed by atoms with Gasteiger partial charge in [0.2, 0.25) is 0 Å². The second kappa shape index (κ2) is 7.48. The summed E-state index contributed by atoms with van der Waals surface area (Å²) in [5.41, 5.74) is 3.73. The number of rotatable bonds is 6. The summed E-state index contributed by atoms with van der Waals surface area (Å²) in [5, 5.41) is 4.18. The van der Waals surface area contributed by atoms with Gasteiger partial charge in [0.1, 0.15) is 5.75 Å². The van der Waals surface area contributed by atoms with E-state index in [4.69, 9.17) is 16.3 Å². The molecular weight excluding hydrogens is 282 g/mol. The number of benzene rings is 2. The first-order valence-electron chi connectivity index (χ1n) is 7.17. The normalized spacial score (nSPS) is 12.2. The molecule has 112 valence electrons. The minimum Gasteiger partial charge on any atom is -0.496 e. The Bertz CT molecular complexity index is 598. The van der Waals surface area contributed by atoms with Gasteiger partial charge in [-0.25, -0.2) is 0 Å². The largest absolute Gasteiger partial charge is 0.496 e. The molecule has 3 heteroatoms. The van der Waals surface area contributed by atoms with Crippen molar-refractivity contribution in [2.75, 3.05) is 14.2 Å². The van der Waals surface area contributed by atoms with E-state index in [0.717, 1.165) is 23.6 Å². The lowest BCUT2D eigenvalue weighted by Gasteiger charge is -2.18. The highest BCUT2D eigenvalue weighted by molar-refractivity contribution is 6.30. The molecule has 0 bridgehead atoms. The summed E-state index contributed by atoms with van der Waals surface area (Å²) in [4.78, 5) is 0. The third kappa shape index (κ3) is 4.48. The van der Waals surface area contributed by atoms with Crippen LogP contribution in [0.5, 0.6) is 5.75 Å². The number of hydrogen-bond acceptors (Lipinski definition) is 2. The zero-order valence-electron chi connectivity index (χ0n) is 12.8. The molecule has 1 N–H and O–H groups in total. The van der Waals surface area contributed by atoms with Gasteiger partial charge in [-0.15, -0.1) is 0 Å². The van der Waals surface area contributed by atoms with Crippen LogP contribution in [-0.2, 0) is 12.8 Å². The van der Waals surface area contributed by atoms with Gasteiger partial charge >= 0.3 is 0 Å². The first-order chi connectivity index (χ1) is 10.1. The molecule has 0 aliphatic heterocycles. The predicted molar refractivity (Wildman–Crippen MR) is 89.4 cm³/mol. The Labute approximate surface area is 132 Å². The topological polar surface area (TPSA) is 21.3 Å². The van der Waals surface area contributed by atoms with E-state index in [0.29, 0.717) is 6.04 Å². The van der Waals surface area contributed by atoms with Gasteiger partial charge in [-0.05, 0) is 56.1 Å². The van der Waals surface area contributed by atoms with Crippen molar-refractivity contribution in [3.8, 4) is 5.75 Å². The Morgan fingerprint density at radius 3 is 2.62 bits per heavy atom. The lowest BCUT2D eigenvalue weighted by atomic mass is 9.97. The van der Waals surface area contributed by atoms with Crippen molar-refractivity contribution < 1.29 is 4.74 Å². The molecule has 0 aliphatic carbocycles. The highest BCUT2D eigenvalue weighted by atomic mass is 35.5. The maximum atomic E-state index is 6.06. The summed E-state index contributed by atoms with van der Waals surface area (Å²) >= 11 is 6.06. The van der Waals surface area contributed by atoms with Gasteiger partial charge in [-0.1, -0.05) is 41.4 Å². The van der Waals surface area contributed by atoms with Crippen LogP contribution < -0.4 is 10.1 Å². The summed E-state index contributed by atoms with van der Waals surface area (Å²) < 4.78 is 5.47. The van der Waals surface area contributed by atoms with Gasteiger partial charge in [0, 0.05) is 11.1 Å². The third-order valence-corrected chi connectivity index (χ3v) is 3.92. The molecule has 0 saturated heterocycles. The van der Waals surface area contributed by atoms with Crippen molar-refractivity contribution in [2.45, 2.75) is 25.8 Å². The van der Waals surface area contributed by atoms with Crippen molar-refractivity contribution in [3.05, 3.63) is 64.2 Å². The molecule has 2 rings (SSSR count). The predicted octanol–water partition coefficient (Wildman–Crippen LogP) is 4.03. The highest BCUT2D eigenvalue weighted by Crippen LogP contribution is 2.22. The zero-order valence-corrected chi connectivity index (χ0v) is 13.6. The van der Waals surface area contributed by atoms with Crippen molar-refractivity contribution in [1.29, 1.82) is 0 Å². The summed E-state index contributed by atoms with van der Waals surface area (Å²) in [6, 6.07) is 14.7. The third-order valence-electron chi connectivity index (χ3n) is 3.68. The Morgan fingerprint density at radius 1 is 1.14 bits per heavy atom. The Hall–Kier alpha value is -1.51. The molecule has 0 fully saturated rings. The molecule has 0 amide bonds. The summed E-state index contributed by atoms with van der Waals surface area (Å²) in [6.45, 7) is 2.11.